The number of hydrogen-bond acceptors (Lipinski definition) is 2. The quantitative estimate of drug-likeness (QED) is 0.429. The predicted molar refractivity (Wildman–Crippen MR) is 59.4 cm³/mol. The van der Waals surface area contributed by atoms with Crippen LogP contribution in [0.5, 0.6) is 0 Å². The van der Waals surface area contributed by atoms with Crippen molar-refractivity contribution in [3.63, 3.8) is 0 Å². The second kappa shape index (κ2) is 4.77. The highest BCUT2D eigenvalue weighted by Crippen LogP contribution is 2.18. The fraction of sp³-hybridized carbons (Fsp3) is 0.222. The number of rotatable bonds is 2. The van der Waals surface area contributed by atoms with Gasteiger partial charge in [0.05, 0.1) is 0 Å². The van der Waals surface area contributed by atoms with Crippen molar-refractivity contribution < 1.29 is 0 Å². The smallest absolute Gasteiger partial charge is 0.192 e. The van der Waals surface area contributed by atoms with Crippen molar-refractivity contribution >= 4 is 23.4 Å². The lowest BCUT2D eigenvalue weighted by Crippen LogP contribution is -2.21. The summed E-state index contributed by atoms with van der Waals surface area (Å²) in [5, 5.41) is 2.98. The van der Waals surface area contributed by atoms with Gasteiger partial charge >= 0.3 is 0 Å². The van der Waals surface area contributed by atoms with E-state index >= 15 is 0 Å². The number of aliphatic imine (C=N–C) groups is 1. The Hall–Kier alpha value is -1.16. The van der Waals surface area contributed by atoms with Crippen molar-refractivity contribution in [3.05, 3.63) is 24.3 Å². The minimum Gasteiger partial charge on any atom is -0.370 e. The van der Waals surface area contributed by atoms with Gasteiger partial charge < -0.3 is 11.1 Å². The summed E-state index contributed by atoms with van der Waals surface area (Å²) in [6.45, 7) is 0. The number of nitrogens with two attached hydrogens (primary N) is 1. The lowest BCUT2D eigenvalue weighted by Gasteiger charge is -2.05. The van der Waals surface area contributed by atoms with Crippen molar-refractivity contribution in [2.24, 2.45) is 10.7 Å². The molecule has 0 unspecified atom stereocenters. The lowest BCUT2D eigenvalue weighted by molar-refractivity contribution is 1.37. The molecule has 0 aliphatic carbocycles. The third-order valence-corrected chi connectivity index (χ3v) is 2.31. The van der Waals surface area contributed by atoms with Crippen molar-refractivity contribution in [1.82, 2.24) is 0 Å². The van der Waals surface area contributed by atoms with Crippen molar-refractivity contribution in [2.75, 3.05) is 18.6 Å². The fourth-order valence-corrected chi connectivity index (χ4v) is 1.36. The van der Waals surface area contributed by atoms with Gasteiger partial charge in [0.1, 0.15) is 0 Å². The topological polar surface area (TPSA) is 50.4 Å². The maximum atomic E-state index is 5.53. The van der Waals surface area contributed by atoms with Crippen molar-refractivity contribution in [2.45, 2.75) is 4.90 Å². The number of hydrogen-bond donors (Lipinski definition) is 2. The van der Waals surface area contributed by atoms with Gasteiger partial charge in [-0.05, 0) is 24.5 Å². The van der Waals surface area contributed by atoms with Crippen LogP contribution in [0.25, 0.3) is 0 Å². The van der Waals surface area contributed by atoms with E-state index in [1.54, 1.807) is 18.8 Å². The average Bonchev–Trinajstić information content (AvgIpc) is 2.18. The summed E-state index contributed by atoms with van der Waals surface area (Å²) in [5.74, 6) is 0.429. The highest BCUT2D eigenvalue weighted by Gasteiger charge is 1.94. The molecule has 0 bridgehead atoms. The first-order valence-corrected chi connectivity index (χ1v) is 5.12. The highest BCUT2D eigenvalue weighted by atomic mass is 32.2. The van der Waals surface area contributed by atoms with Crippen LogP contribution in [0.4, 0.5) is 5.69 Å². The molecular formula is C9H13N3S. The van der Waals surface area contributed by atoms with Gasteiger partial charge in [0.2, 0.25) is 0 Å². The average molecular weight is 195 g/mol. The van der Waals surface area contributed by atoms with Crippen LogP contribution >= 0.6 is 11.8 Å². The summed E-state index contributed by atoms with van der Waals surface area (Å²) < 4.78 is 0. The van der Waals surface area contributed by atoms with Gasteiger partial charge in [-0.1, -0.05) is 6.07 Å². The Balaban J connectivity index is 2.77. The molecule has 0 aliphatic heterocycles. The zero-order chi connectivity index (χ0) is 9.68. The molecule has 0 atom stereocenters. The molecule has 13 heavy (non-hydrogen) atoms. The molecule has 0 aliphatic rings. The van der Waals surface area contributed by atoms with Crippen LogP contribution in [-0.2, 0) is 0 Å². The van der Waals surface area contributed by atoms with Crippen LogP contribution < -0.4 is 11.1 Å². The normalized spacial score (nSPS) is 11.4. The summed E-state index contributed by atoms with van der Waals surface area (Å²) in [6, 6.07) is 8.02. The van der Waals surface area contributed by atoms with Gasteiger partial charge in [0, 0.05) is 17.6 Å². The third-order valence-electron chi connectivity index (χ3n) is 1.58. The van der Waals surface area contributed by atoms with Gasteiger partial charge in [-0.3, -0.25) is 4.99 Å². The van der Waals surface area contributed by atoms with Gasteiger partial charge in [-0.25, -0.2) is 0 Å². The Kier molecular flexibility index (Phi) is 3.64. The fourth-order valence-electron chi connectivity index (χ4n) is 0.905. The van der Waals surface area contributed by atoms with Crippen LogP contribution in [0.2, 0.25) is 0 Å². The van der Waals surface area contributed by atoms with E-state index in [1.165, 1.54) is 4.90 Å². The third kappa shape index (κ3) is 2.99. The summed E-state index contributed by atoms with van der Waals surface area (Å²) in [4.78, 5) is 5.02. The molecule has 0 radical (unpaired) electrons. The molecule has 1 rings (SSSR count). The molecule has 70 valence electrons. The first-order valence-electron chi connectivity index (χ1n) is 3.89. The molecule has 1 aromatic rings. The SMILES string of the molecule is CN=C(N)Nc1cccc(SC)c1. The lowest BCUT2D eigenvalue weighted by atomic mass is 10.3. The maximum Gasteiger partial charge on any atom is 0.192 e. The van der Waals surface area contributed by atoms with Gasteiger partial charge in [0.15, 0.2) is 5.96 Å². The zero-order valence-corrected chi connectivity index (χ0v) is 8.56. The second-order valence-electron chi connectivity index (χ2n) is 2.47. The molecule has 4 heteroatoms. The summed E-state index contributed by atoms with van der Waals surface area (Å²) in [5.41, 5.74) is 6.50. The molecular weight excluding hydrogens is 182 g/mol. The van der Waals surface area contributed by atoms with Gasteiger partial charge in [-0.15, -0.1) is 11.8 Å². The van der Waals surface area contributed by atoms with E-state index in [2.05, 4.69) is 16.4 Å². The Labute approximate surface area is 82.4 Å². The van der Waals surface area contributed by atoms with Gasteiger partial charge in [-0.2, -0.15) is 0 Å². The number of nitrogens with zero attached hydrogens (tertiary/aromatic N) is 1. The maximum absolute atomic E-state index is 5.53. The molecule has 0 aromatic heterocycles. The largest absolute Gasteiger partial charge is 0.370 e. The van der Waals surface area contributed by atoms with Crippen molar-refractivity contribution in [3.8, 4) is 0 Å². The molecule has 0 amide bonds. The summed E-state index contributed by atoms with van der Waals surface area (Å²) in [6.07, 6.45) is 2.04. The Morgan fingerprint density at radius 2 is 2.31 bits per heavy atom. The Morgan fingerprint density at radius 1 is 1.54 bits per heavy atom. The van der Waals surface area contributed by atoms with Crippen LogP contribution in [0.15, 0.2) is 34.2 Å². The highest BCUT2D eigenvalue weighted by molar-refractivity contribution is 7.98. The molecule has 0 saturated carbocycles. The number of guanidine groups is 1. The second-order valence-corrected chi connectivity index (χ2v) is 3.35. The molecule has 0 spiro atoms. The monoisotopic (exact) mass is 195 g/mol. The van der Waals surface area contributed by atoms with E-state index < -0.39 is 0 Å². The van der Waals surface area contributed by atoms with E-state index in [4.69, 9.17) is 5.73 Å². The van der Waals surface area contributed by atoms with E-state index in [0.717, 1.165) is 5.69 Å². The minimum absolute atomic E-state index is 0.429. The molecule has 1 aromatic carbocycles. The van der Waals surface area contributed by atoms with Gasteiger partial charge in [0.25, 0.3) is 0 Å². The number of anilines is 1. The molecule has 3 N–H and O–H groups in total. The predicted octanol–water partition coefficient (Wildman–Crippen LogP) is 1.76. The summed E-state index contributed by atoms with van der Waals surface area (Å²) >= 11 is 1.70. The Morgan fingerprint density at radius 3 is 2.92 bits per heavy atom. The number of benzene rings is 1. The number of thioether (sulfide) groups is 1. The van der Waals surface area contributed by atoms with E-state index in [1.807, 2.05) is 24.5 Å². The van der Waals surface area contributed by atoms with Crippen molar-refractivity contribution in [1.29, 1.82) is 0 Å². The van der Waals surface area contributed by atoms with Crippen LogP contribution in [0.3, 0.4) is 0 Å². The molecule has 0 fully saturated rings. The first-order chi connectivity index (χ1) is 6.26. The van der Waals surface area contributed by atoms with Crippen LogP contribution in [0.1, 0.15) is 0 Å². The zero-order valence-electron chi connectivity index (χ0n) is 7.74. The standard InChI is InChI=1S/C9H13N3S/c1-11-9(10)12-7-4-3-5-8(6-7)13-2/h3-6H,1-2H3,(H3,10,11,12). The first kappa shape index (κ1) is 9.92. The van der Waals surface area contributed by atoms with Crippen LogP contribution in [-0.4, -0.2) is 19.3 Å². The minimum atomic E-state index is 0.429. The van der Waals surface area contributed by atoms with E-state index in [0.29, 0.717) is 5.96 Å². The van der Waals surface area contributed by atoms with Crippen LogP contribution in [0, 0.1) is 0 Å². The molecule has 3 nitrogen and oxygen atoms in total. The Bertz CT molecular complexity index is 309. The molecule has 0 saturated heterocycles. The summed E-state index contributed by atoms with van der Waals surface area (Å²) in [7, 11) is 1.65. The van der Waals surface area contributed by atoms with E-state index in [-0.39, 0.29) is 0 Å². The number of nitrogens with one attached hydrogen (secondary N) is 1. The van der Waals surface area contributed by atoms with E-state index in [9.17, 15) is 0 Å². The molecule has 0 heterocycles.